The second-order valence-electron chi connectivity index (χ2n) is 6.72. The van der Waals surface area contributed by atoms with Crippen molar-refractivity contribution in [2.75, 3.05) is 7.11 Å². The lowest BCUT2D eigenvalue weighted by Crippen LogP contribution is -2.53. The van der Waals surface area contributed by atoms with Crippen LogP contribution in [0.4, 0.5) is 0 Å². The van der Waals surface area contributed by atoms with E-state index in [2.05, 4.69) is 10.6 Å². The molecule has 6 heteroatoms. The molecule has 2 aromatic rings. The highest BCUT2D eigenvalue weighted by molar-refractivity contribution is 5.90. The van der Waals surface area contributed by atoms with Gasteiger partial charge in [-0.1, -0.05) is 60.2 Å². The van der Waals surface area contributed by atoms with Crippen molar-refractivity contribution >= 4 is 17.8 Å². The average molecular weight is 382 g/mol. The first kappa shape index (κ1) is 21.2. The largest absolute Gasteiger partial charge is 0.467 e. The topological polar surface area (TPSA) is 84.5 Å². The molecule has 2 rings (SSSR count). The van der Waals surface area contributed by atoms with Gasteiger partial charge in [0, 0.05) is 19.8 Å². The van der Waals surface area contributed by atoms with E-state index in [0.717, 1.165) is 16.7 Å². The summed E-state index contributed by atoms with van der Waals surface area (Å²) in [6, 6.07) is 15.5. The molecule has 0 saturated heterocycles. The number of methoxy groups -OCH3 is 1. The Bertz CT molecular complexity index is 820. The molecular weight excluding hydrogens is 356 g/mol. The molecule has 0 aliphatic heterocycles. The van der Waals surface area contributed by atoms with Crippen LogP contribution in [0.5, 0.6) is 0 Å². The first-order chi connectivity index (χ1) is 13.4. The van der Waals surface area contributed by atoms with Crippen molar-refractivity contribution in [3.8, 4) is 0 Å². The minimum atomic E-state index is -0.841. The molecule has 0 heterocycles. The molecule has 0 spiro atoms. The van der Waals surface area contributed by atoms with Gasteiger partial charge in [0.2, 0.25) is 11.8 Å². The number of amides is 2. The summed E-state index contributed by atoms with van der Waals surface area (Å²) in [4.78, 5) is 36.6. The Morgan fingerprint density at radius 3 is 2.14 bits per heavy atom. The lowest BCUT2D eigenvalue weighted by molar-refractivity contribution is -0.145. The standard InChI is InChI=1S/C22H26N2O4/c1-15-8-7-11-18(12-15)14-20(22(27)28-3)24-21(26)19(23-16(2)25)13-17-9-5-4-6-10-17/h4-12,19-20H,13-14H2,1-3H3,(H,23,25)(H,24,26)/t19-,20+/m1/s1. The number of aryl methyl sites for hydroxylation is 1. The minimum Gasteiger partial charge on any atom is -0.467 e. The van der Waals surface area contributed by atoms with Crippen molar-refractivity contribution in [2.24, 2.45) is 0 Å². The van der Waals surface area contributed by atoms with E-state index in [-0.39, 0.29) is 5.91 Å². The summed E-state index contributed by atoms with van der Waals surface area (Å²) in [6.07, 6.45) is 0.628. The molecule has 0 aliphatic carbocycles. The predicted octanol–water partition coefficient (Wildman–Crippen LogP) is 1.94. The molecule has 6 nitrogen and oxygen atoms in total. The van der Waals surface area contributed by atoms with Crippen molar-refractivity contribution in [2.45, 2.75) is 38.8 Å². The molecule has 0 radical (unpaired) electrons. The molecule has 2 atom stereocenters. The highest BCUT2D eigenvalue weighted by Gasteiger charge is 2.27. The van der Waals surface area contributed by atoms with Crippen LogP contribution in [0.2, 0.25) is 0 Å². The number of rotatable bonds is 8. The fourth-order valence-corrected chi connectivity index (χ4v) is 2.99. The molecular formula is C22H26N2O4. The van der Waals surface area contributed by atoms with Gasteiger partial charge in [-0.3, -0.25) is 9.59 Å². The maximum absolute atomic E-state index is 12.8. The highest BCUT2D eigenvalue weighted by Crippen LogP contribution is 2.09. The van der Waals surface area contributed by atoms with Gasteiger partial charge in [0.25, 0.3) is 0 Å². The number of benzene rings is 2. The number of nitrogens with one attached hydrogen (secondary N) is 2. The molecule has 2 amide bonds. The minimum absolute atomic E-state index is 0.304. The van der Waals surface area contributed by atoms with Crippen LogP contribution in [0.25, 0.3) is 0 Å². The summed E-state index contributed by atoms with van der Waals surface area (Å²) in [5.74, 6) is -1.28. The van der Waals surface area contributed by atoms with Crippen LogP contribution in [-0.2, 0) is 32.0 Å². The van der Waals surface area contributed by atoms with Crippen LogP contribution in [0.1, 0.15) is 23.6 Å². The van der Waals surface area contributed by atoms with Crippen molar-refractivity contribution in [3.63, 3.8) is 0 Å². The average Bonchev–Trinajstić information content (AvgIpc) is 2.66. The second kappa shape index (κ2) is 10.3. The molecule has 0 saturated carbocycles. The molecule has 0 unspecified atom stereocenters. The quantitative estimate of drug-likeness (QED) is 0.684. The highest BCUT2D eigenvalue weighted by atomic mass is 16.5. The van der Waals surface area contributed by atoms with Gasteiger partial charge in [0.1, 0.15) is 12.1 Å². The first-order valence-corrected chi connectivity index (χ1v) is 9.14. The Balaban J connectivity index is 2.15. The number of hydrogen-bond donors (Lipinski definition) is 2. The fourth-order valence-electron chi connectivity index (χ4n) is 2.99. The summed E-state index contributed by atoms with van der Waals surface area (Å²) < 4.78 is 4.85. The maximum atomic E-state index is 12.8. The Labute approximate surface area is 165 Å². The summed E-state index contributed by atoms with van der Waals surface area (Å²) in [6.45, 7) is 3.32. The molecule has 0 fully saturated rings. The van der Waals surface area contributed by atoms with E-state index in [0.29, 0.717) is 12.8 Å². The van der Waals surface area contributed by atoms with Crippen molar-refractivity contribution in [3.05, 3.63) is 71.3 Å². The number of carbonyl (C=O) groups is 3. The Morgan fingerprint density at radius 1 is 0.893 bits per heavy atom. The van der Waals surface area contributed by atoms with Gasteiger partial charge in [0.05, 0.1) is 7.11 Å². The first-order valence-electron chi connectivity index (χ1n) is 9.14. The zero-order valence-electron chi connectivity index (χ0n) is 16.4. The number of ether oxygens (including phenoxy) is 1. The van der Waals surface area contributed by atoms with Gasteiger partial charge in [0.15, 0.2) is 0 Å². The van der Waals surface area contributed by atoms with Gasteiger partial charge in [-0.2, -0.15) is 0 Å². The Morgan fingerprint density at radius 2 is 1.54 bits per heavy atom. The molecule has 148 valence electrons. The molecule has 0 aliphatic rings. The van der Waals surface area contributed by atoms with Crippen LogP contribution in [0.3, 0.4) is 0 Å². The molecule has 0 bridgehead atoms. The van der Waals surface area contributed by atoms with Gasteiger partial charge < -0.3 is 15.4 Å². The van der Waals surface area contributed by atoms with Crippen LogP contribution in [-0.4, -0.2) is 37.0 Å². The van der Waals surface area contributed by atoms with E-state index >= 15 is 0 Å². The van der Waals surface area contributed by atoms with Crippen LogP contribution in [0.15, 0.2) is 54.6 Å². The van der Waals surface area contributed by atoms with Crippen molar-refractivity contribution < 1.29 is 19.1 Å². The Kier molecular flexibility index (Phi) is 7.75. The summed E-state index contributed by atoms with van der Waals surface area (Å²) in [5, 5.41) is 5.39. The van der Waals surface area contributed by atoms with E-state index < -0.39 is 24.0 Å². The molecule has 28 heavy (non-hydrogen) atoms. The third-order valence-corrected chi connectivity index (χ3v) is 4.30. The second-order valence-corrected chi connectivity index (χ2v) is 6.72. The third-order valence-electron chi connectivity index (χ3n) is 4.30. The van der Waals surface area contributed by atoms with E-state index in [1.807, 2.05) is 61.5 Å². The van der Waals surface area contributed by atoms with E-state index in [9.17, 15) is 14.4 Å². The summed E-state index contributed by atoms with van der Waals surface area (Å²) in [7, 11) is 1.28. The summed E-state index contributed by atoms with van der Waals surface area (Å²) >= 11 is 0. The molecule has 0 aromatic heterocycles. The van der Waals surface area contributed by atoms with Crippen LogP contribution < -0.4 is 10.6 Å². The number of carbonyl (C=O) groups excluding carboxylic acids is 3. The molecule has 2 aromatic carbocycles. The summed E-state index contributed by atoms with van der Waals surface area (Å²) in [5.41, 5.74) is 2.88. The molecule has 2 N–H and O–H groups in total. The lowest BCUT2D eigenvalue weighted by Gasteiger charge is -2.22. The van der Waals surface area contributed by atoms with Crippen LogP contribution in [0, 0.1) is 6.92 Å². The third kappa shape index (κ3) is 6.54. The fraction of sp³-hybridized carbons (Fsp3) is 0.318. The van der Waals surface area contributed by atoms with Crippen molar-refractivity contribution in [1.82, 2.24) is 10.6 Å². The van der Waals surface area contributed by atoms with Gasteiger partial charge in [-0.25, -0.2) is 4.79 Å². The number of esters is 1. The predicted molar refractivity (Wildman–Crippen MR) is 107 cm³/mol. The van der Waals surface area contributed by atoms with E-state index in [4.69, 9.17) is 4.74 Å². The maximum Gasteiger partial charge on any atom is 0.328 e. The lowest BCUT2D eigenvalue weighted by atomic mass is 10.0. The Hall–Kier alpha value is -3.15. The van der Waals surface area contributed by atoms with E-state index in [1.54, 1.807) is 0 Å². The van der Waals surface area contributed by atoms with E-state index in [1.165, 1.54) is 14.0 Å². The van der Waals surface area contributed by atoms with Crippen LogP contribution >= 0.6 is 0 Å². The zero-order valence-corrected chi connectivity index (χ0v) is 16.4. The normalized spacial score (nSPS) is 12.5. The van der Waals surface area contributed by atoms with Gasteiger partial charge in [-0.15, -0.1) is 0 Å². The number of hydrogen-bond acceptors (Lipinski definition) is 4. The van der Waals surface area contributed by atoms with Gasteiger partial charge in [-0.05, 0) is 18.1 Å². The zero-order chi connectivity index (χ0) is 20.5. The smallest absolute Gasteiger partial charge is 0.328 e. The van der Waals surface area contributed by atoms with Gasteiger partial charge >= 0.3 is 5.97 Å². The van der Waals surface area contributed by atoms with Crippen molar-refractivity contribution in [1.29, 1.82) is 0 Å². The monoisotopic (exact) mass is 382 g/mol. The SMILES string of the molecule is COC(=O)[C@H](Cc1cccc(C)c1)NC(=O)[C@@H](Cc1ccccc1)NC(C)=O.